The Morgan fingerprint density at radius 3 is 2.42 bits per heavy atom. The molecule has 1 saturated heterocycles. The molecule has 3 rings (SSSR count). The topological polar surface area (TPSA) is 70.5 Å². The molecule has 0 aliphatic carbocycles. The lowest BCUT2D eigenvalue weighted by atomic mass is 10.0. The number of nitrogens with one attached hydrogen (secondary N) is 2. The van der Waals surface area contributed by atoms with Crippen molar-refractivity contribution in [2.45, 2.75) is 25.8 Å². The Hall–Kier alpha value is -2.93. The maximum atomic E-state index is 12.5. The van der Waals surface area contributed by atoms with Crippen LogP contribution in [0.15, 0.2) is 42.5 Å². The SMILES string of the molecule is CCOc1ccc(OCCNC(=O)C[NH+]2CCC[C@H]2c2cc(OC)ccc2OC)cc1. The van der Waals surface area contributed by atoms with Crippen LogP contribution in [0.5, 0.6) is 23.0 Å². The van der Waals surface area contributed by atoms with Gasteiger partial charge in [0.2, 0.25) is 0 Å². The average molecular weight is 430 g/mol. The third kappa shape index (κ3) is 6.28. The zero-order chi connectivity index (χ0) is 22.1. The number of benzene rings is 2. The molecule has 1 fully saturated rings. The molecule has 0 saturated carbocycles. The molecule has 1 unspecified atom stereocenters. The molecule has 1 aliphatic rings. The fourth-order valence-corrected chi connectivity index (χ4v) is 4.04. The summed E-state index contributed by atoms with van der Waals surface area (Å²) in [6, 6.07) is 13.6. The molecule has 1 aliphatic heterocycles. The number of amides is 1. The first-order valence-electron chi connectivity index (χ1n) is 10.8. The lowest BCUT2D eigenvalue weighted by Gasteiger charge is -2.23. The molecule has 2 atom stereocenters. The van der Waals surface area contributed by atoms with Crippen LogP contribution in [-0.2, 0) is 4.79 Å². The minimum Gasteiger partial charge on any atom is -0.497 e. The van der Waals surface area contributed by atoms with Crippen molar-refractivity contribution in [3.8, 4) is 23.0 Å². The van der Waals surface area contributed by atoms with Crippen LogP contribution in [0, 0.1) is 0 Å². The number of carbonyl (C=O) groups is 1. The molecule has 31 heavy (non-hydrogen) atoms. The van der Waals surface area contributed by atoms with Crippen LogP contribution in [0.25, 0.3) is 0 Å². The van der Waals surface area contributed by atoms with Gasteiger partial charge in [-0.15, -0.1) is 0 Å². The number of rotatable bonds is 11. The first-order chi connectivity index (χ1) is 15.1. The summed E-state index contributed by atoms with van der Waals surface area (Å²) in [7, 11) is 3.34. The summed E-state index contributed by atoms with van der Waals surface area (Å²) in [5.41, 5.74) is 1.10. The van der Waals surface area contributed by atoms with E-state index in [0.717, 1.165) is 47.9 Å². The van der Waals surface area contributed by atoms with E-state index in [-0.39, 0.29) is 11.9 Å². The molecular formula is C24H33N2O5+. The van der Waals surface area contributed by atoms with Crippen LogP contribution >= 0.6 is 0 Å². The molecule has 7 nitrogen and oxygen atoms in total. The standard InChI is InChI=1S/C24H32N2O5/c1-4-30-18-7-9-19(10-8-18)31-15-13-25-24(27)17-26-14-5-6-22(26)21-16-20(28-2)11-12-23(21)29-3/h7-12,16,22H,4-6,13-15,17H2,1-3H3,(H,25,27)/p+1/t22-/m0/s1. The number of likely N-dealkylation sites (tertiary alicyclic amines) is 1. The van der Waals surface area contributed by atoms with Gasteiger partial charge in [0.05, 0.1) is 39.5 Å². The van der Waals surface area contributed by atoms with Crippen LogP contribution in [0.3, 0.4) is 0 Å². The van der Waals surface area contributed by atoms with Gasteiger partial charge in [0.15, 0.2) is 6.54 Å². The van der Waals surface area contributed by atoms with Crippen LogP contribution in [-0.4, -0.2) is 53.0 Å². The predicted octanol–water partition coefficient (Wildman–Crippen LogP) is 2.02. The molecule has 0 spiro atoms. The molecular weight excluding hydrogens is 396 g/mol. The second-order valence-electron chi connectivity index (χ2n) is 7.49. The third-order valence-electron chi connectivity index (χ3n) is 5.51. The molecule has 7 heteroatoms. The molecule has 0 radical (unpaired) electrons. The number of quaternary nitrogens is 1. The molecule has 168 valence electrons. The van der Waals surface area contributed by atoms with Crippen molar-refractivity contribution in [1.29, 1.82) is 0 Å². The summed E-state index contributed by atoms with van der Waals surface area (Å²) in [5.74, 6) is 3.25. The Kier molecular flexibility index (Phi) is 8.41. The molecule has 2 N–H and O–H groups in total. The van der Waals surface area contributed by atoms with Gasteiger partial charge >= 0.3 is 0 Å². The van der Waals surface area contributed by atoms with Gasteiger partial charge < -0.3 is 29.2 Å². The first-order valence-corrected chi connectivity index (χ1v) is 10.8. The van der Waals surface area contributed by atoms with Crippen molar-refractivity contribution < 1.29 is 28.6 Å². The van der Waals surface area contributed by atoms with Crippen LogP contribution in [0.4, 0.5) is 0 Å². The number of carbonyl (C=O) groups excluding carboxylic acids is 1. The van der Waals surface area contributed by atoms with Crippen molar-refractivity contribution in [2.75, 3.05) is 47.1 Å². The Bertz CT molecular complexity index is 840. The van der Waals surface area contributed by atoms with Crippen molar-refractivity contribution in [1.82, 2.24) is 5.32 Å². The fraction of sp³-hybridized carbons (Fsp3) is 0.458. The zero-order valence-electron chi connectivity index (χ0n) is 18.6. The number of ether oxygens (including phenoxy) is 4. The number of methoxy groups -OCH3 is 2. The van der Waals surface area contributed by atoms with E-state index in [1.165, 1.54) is 4.90 Å². The van der Waals surface area contributed by atoms with Crippen LogP contribution < -0.4 is 29.2 Å². The monoisotopic (exact) mass is 429 g/mol. The number of hydrogen-bond acceptors (Lipinski definition) is 5. The lowest BCUT2D eigenvalue weighted by molar-refractivity contribution is -0.910. The van der Waals surface area contributed by atoms with Crippen molar-refractivity contribution in [3.05, 3.63) is 48.0 Å². The Morgan fingerprint density at radius 2 is 1.74 bits per heavy atom. The summed E-state index contributed by atoms with van der Waals surface area (Å²) in [4.78, 5) is 13.8. The Labute approximate surface area is 184 Å². The highest BCUT2D eigenvalue weighted by Crippen LogP contribution is 2.31. The van der Waals surface area contributed by atoms with Gasteiger partial charge in [-0.25, -0.2) is 0 Å². The van der Waals surface area contributed by atoms with Crippen molar-refractivity contribution in [2.24, 2.45) is 0 Å². The minimum absolute atomic E-state index is 0.0269. The van der Waals surface area contributed by atoms with Gasteiger partial charge in [0.25, 0.3) is 5.91 Å². The molecule has 0 aromatic heterocycles. The maximum absolute atomic E-state index is 12.5. The largest absolute Gasteiger partial charge is 0.497 e. The van der Waals surface area contributed by atoms with Gasteiger partial charge in [0, 0.05) is 12.8 Å². The van der Waals surface area contributed by atoms with Gasteiger partial charge in [-0.3, -0.25) is 4.79 Å². The highest BCUT2D eigenvalue weighted by atomic mass is 16.5. The van der Waals surface area contributed by atoms with E-state index in [1.54, 1.807) is 14.2 Å². The fourth-order valence-electron chi connectivity index (χ4n) is 4.04. The van der Waals surface area contributed by atoms with E-state index in [0.29, 0.717) is 26.3 Å². The van der Waals surface area contributed by atoms with E-state index < -0.39 is 0 Å². The maximum Gasteiger partial charge on any atom is 0.275 e. The predicted molar refractivity (Wildman–Crippen MR) is 118 cm³/mol. The zero-order valence-corrected chi connectivity index (χ0v) is 18.6. The normalized spacial score (nSPS) is 17.8. The number of hydrogen-bond donors (Lipinski definition) is 2. The van der Waals surface area contributed by atoms with E-state index in [9.17, 15) is 4.79 Å². The molecule has 1 heterocycles. The van der Waals surface area contributed by atoms with Gasteiger partial charge in [-0.1, -0.05) is 0 Å². The van der Waals surface area contributed by atoms with E-state index in [2.05, 4.69) is 5.32 Å². The lowest BCUT2D eigenvalue weighted by Crippen LogP contribution is -3.11. The van der Waals surface area contributed by atoms with Crippen molar-refractivity contribution in [3.63, 3.8) is 0 Å². The van der Waals surface area contributed by atoms with Gasteiger partial charge in [0.1, 0.15) is 35.6 Å². The molecule has 2 aromatic rings. The van der Waals surface area contributed by atoms with Gasteiger partial charge in [-0.05, 0) is 49.4 Å². The Morgan fingerprint density at radius 1 is 1.03 bits per heavy atom. The second-order valence-corrected chi connectivity index (χ2v) is 7.49. The summed E-state index contributed by atoms with van der Waals surface area (Å²) >= 11 is 0. The van der Waals surface area contributed by atoms with Gasteiger partial charge in [-0.2, -0.15) is 0 Å². The summed E-state index contributed by atoms with van der Waals surface area (Å²) in [5, 5.41) is 2.97. The molecule has 0 bridgehead atoms. The van der Waals surface area contributed by atoms with E-state index in [4.69, 9.17) is 18.9 Å². The summed E-state index contributed by atoms with van der Waals surface area (Å²) < 4.78 is 22.1. The average Bonchev–Trinajstić information content (AvgIpc) is 3.25. The van der Waals surface area contributed by atoms with E-state index >= 15 is 0 Å². The highest BCUT2D eigenvalue weighted by Gasteiger charge is 2.33. The Balaban J connectivity index is 1.47. The minimum atomic E-state index is 0.0269. The van der Waals surface area contributed by atoms with Crippen molar-refractivity contribution >= 4 is 5.91 Å². The van der Waals surface area contributed by atoms with E-state index in [1.807, 2.05) is 49.4 Å². The summed E-state index contributed by atoms with van der Waals surface area (Å²) in [6.45, 7) is 4.85. The highest BCUT2D eigenvalue weighted by molar-refractivity contribution is 5.76. The quantitative estimate of drug-likeness (QED) is 0.535. The summed E-state index contributed by atoms with van der Waals surface area (Å²) in [6.07, 6.45) is 2.10. The van der Waals surface area contributed by atoms with Crippen LogP contribution in [0.1, 0.15) is 31.4 Å². The second kappa shape index (κ2) is 11.5. The van der Waals surface area contributed by atoms with Crippen LogP contribution in [0.2, 0.25) is 0 Å². The molecule has 2 aromatic carbocycles. The first kappa shape index (κ1) is 22.7. The third-order valence-corrected chi connectivity index (χ3v) is 5.51. The molecule has 1 amide bonds. The smallest absolute Gasteiger partial charge is 0.275 e.